The molecule has 0 aliphatic rings. The average Bonchev–Trinajstić information content (AvgIpc) is 3.08. The molecule has 15 nitrogen and oxygen atoms in total. The Kier molecular flexibility index (Phi) is 10.7. The molecule has 3 aromatic heterocycles. The van der Waals surface area contributed by atoms with Crippen LogP contribution in [0, 0.1) is 0 Å². The molecule has 0 bridgehead atoms. The van der Waals surface area contributed by atoms with Crippen LogP contribution in [0.15, 0.2) is 83.9 Å². The second kappa shape index (κ2) is 15.2. The molecular formula is C29H27BrN8O7S. The summed E-state index contributed by atoms with van der Waals surface area (Å²) in [7, 11) is -1.21. The summed E-state index contributed by atoms with van der Waals surface area (Å²) < 4.78 is 60.6. The number of para-hydroxylation sites is 2. The Morgan fingerprint density at radius 2 is 1.48 bits per heavy atom. The molecular weight excluding hydrogens is 684 g/mol. The van der Waals surface area contributed by atoms with Crippen molar-refractivity contribution in [2.75, 3.05) is 32.2 Å². The zero-order valence-corrected chi connectivity index (χ0v) is 26.9. The Balaban J connectivity index is 1.48. The van der Waals surface area contributed by atoms with Crippen molar-refractivity contribution in [3.05, 3.63) is 89.4 Å². The molecule has 0 spiro atoms. The number of aromatic nitrogens is 6. The lowest BCUT2D eigenvalue weighted by molar-refractivity contribution is 0.197. The van der Waals surface area contributed by atoms with Crippen LogP contribution in [0.3, 0.4) is 0 Å². The Morgan fingerprint density at radius 1 is 0.783 bits per heavy atom. The largest absolute Gasteiger partial charge is 0.497 e. The van der Waals surface area contributed by atoms with Crippen LogP contribution in [0.25, 0.3) is 11.6 Å². The molecule has 238 valence electrons. The van der Waals surface area contributed by atoms with Crippen molar-refractivity contribution in [2.24, 2.45) is 0 Å². The quantitative estimate of drug-likeness (QED) is 0.148. The minimum Gasteiger partial charge on any atom is -0.497 e. The van der Waals surface area contributed by atoms with E-state index in [-0.39, 0.29) is 60.6 Å². The Morgan fingerprint density at radius 3 is 2.17 bits per heavy atom. The lowest BCUT2D eigenvalue weighted by Gasteiger charge is -2.18. The first-order valence-corrected chi connectivity index (χ1v) is 15.7. The maximum Gasteiger partial charge on any atom is 0.316 e. The highest BCUT2D eigenvalue weighted by Crippen LogP contribution is 2.41. The summed E-state index contributed by atoms with van der Waals surface area (Å²) in [5, 5.41) is 0. The topological polar surface area (TPSA) is 182 Å². The van der Waals surface area contributed by atoms with Crippen LogP contribution in [-0.4, -0.2) is 65.8 Å². The van der Waals surface area contributed by atoms with Crippen LogP contribution in [0.5, 0.6) is 34.9 Å². The molecule has 3 heterocycles. The fraction of sp³-hybridized carbons (Fsp3) is 0.172. The SMILES string of the molecule is COc1ccc(CNS(=O)(=O)Nc2nc(-c3ncccn3)nc(OCCOc3ncc(Br)cn3)c2Oc2ccccc2OC)cc1. The van der Waals surface area contributed by atoms with Gasteiger partial charge in [0.1, 0.15) is 19.0 Å². The maximum atomic E-state index is 13.3. The van der Waals surface area contributed by atoms with Gasteiger partial charge < -0.3 is 23.7 Å². The molecule has 0 saturated carbocycles. The van der Waals surface area contributed by atoms with Gasteiger partial charge in [0.2, 0.25) is 11.6 Å². The number of rotatable bonds is 15. The molecule has 5 aromatic rings. The summed E-state index contributed by atoms with van der Waals surface area (Å²) in [5.74, 6) is 0.796. The van der Waals surface area contributed by atoms with E-state index in [9.17, 15) is 8.42 Å². The standard InChI is InChI=1S/C29H27BrN8O7S/c1-41-21-10-8-19(9-11-21)16-35-46(39,40)38-25-24(45-23-7-4-3-6-22(23)42-2)28(37-27(36-25)26-31-12-5-13-32-26)43-14-15-44-29-33-17-20(30)18-34-29/h3-13,17-18,35H,14-16H2,1-2H3,(H,36,37,38). The number of anilines is 1. The molecule has 0 unspecified atom stereocenters. The summed E-state index contributed by atoms with van der Waals surface area (Å²) in [4.78, 5) is 25.4. The van der Waals surface area contributed by atoms with Crippen molar-refractivity contribution in [3.63, 3.8) is 0 Å². The average molecular weight is 712 g/mol. The molecule has 46 heavy (non-hydrogen) atoms. The molecule has 0 amide bonds. The van der Waals surface area contributed by atoms with Gasteiger partial charge in [0.25, 0.3) is 5.88 Å². The van der Waals surface area contributed by atoms with Gasteiger partial charge in [-0.25, -0.2) is 24.9 Å². The fourth-order valence-electron chi connectivity index (χ4n) is 3.75. The third-order valence-corrected chi connectivity index (χ3v) is 7.28. The van der Waals surface area contributed by atoms with Gasteiger partial charge in [0.05, 0.1) is 18.7 Å². The molecule has 0 aliphatic carbocycles. The number of benzene rings is 2. The van der Waals surface area contributed by atoms with Gasteiger partial charge in [0, 0.05) is 31.3 Å². The van der Waals surface area contributed by atoms with Gasteiger partial charge in [-0.1, -0.05) is 24.3 Å². The molecule has 0 saturated heterocycles. The van der Waals surface area contributed by atoms with Gasteiger partial charge in [-0.05, 0) is 51.8 Å². The van der Waals surface area contributed by atoms with Crippen molar-refractivity contribution in [2.45, 2.75) is 6.54 Å². The van der Waals surface area contributed by atoms with Gasteiger partial charge >= 0.3 is 16.2 Å². The van der Waals surface area contributed by atoms with Gasteiger partial charge in [-0.3, -0.25) is 4.72 Å². The molecule has 0 atom stereocenters. The summed E-state index contributed by atoms with van der Waals surface area (Å²) >= 11 is 3.27. The van der Waals surface area contributed by atoms with E-state index >= 15 is 0 Å². The minimum absolute atomic E-state index is 0.0153. The van der Waals surface area contributed by atoms with Gasteiger partial charge in [-0.15, -0.1) is 0 Å². The molecule has 2 N–H and O–H groups in total. The first kappa shape index (κ1) is 32.3. The fourth-order valence-corrected chi connectivity index (χ4v) is 4.77. The van der Waals surface area contributed by atoms with Crippen LogP contribution in [0.4, 0.5) is 5.82 Å². The lowest BCUT2D eigenvalue weighted by atomic mass is 10.2. The number of halogens is 1. The zero-order valence-electron chi connectivity index (χ0n) is 24.5. The van der Waals surface area contributed by atoms with Gasteiger partial charge in [0.15, 0.2) is 23.1 Å². The highest BCUT2D eigenvalue weighted by Gasteiger charge is 2.25. The van der Waals surface area contributed by atoms with Crippen LogP contribution < -0.4 is 33.1 Å². The third-order valence-electron chi connectivity index (χ3n) is 5.89. The van der Waals surface area contributed by atoms with E-state index in [1.54, 1.807) is 74.1 Å². The molecule has 0 fully saturated rings. The Bertz CT molecular complexity index is 1850. The van der Waals surface area contributed by atoms with E-state index in [1.165, 1.54) is 19.5 Å². The normalized spacial score (nSPS) is 11.0. The van der Waals surface area contributed by atoms with E-state index in [2.05, 4.69) is 55.3 Å². The summed E-state index contributed by atoms with van der Waals surface area (Å²) in [6.45, 7) is -0.0717. The highest BCUT2D eigenvalue weighted by atomic mass is 79.9. The van der Waals surface area contributed by atoms with E-state index in [0.717, 1.165) is 0 Å². The third kappa shape index (κ3) is 8.74. The second-order valence-corrected chi connectivity index (χ2v) is 11.4. The summed E-state index contributed by atoms with van der Waals surface area (Å²) in [5.41, 5.74) is 0.691. The number of hydrogen-bond acceptors (Lipinski definition) is 13. The molecule has 0 aliphatic heterocycles. The number of methoxy groups -OCH3 is 2. The van der Waals surface area contributed by atoms with Crippen LogP contribution in [-0.2, 0) is 16.8 Å². The van der Waals surface area contributed by atoms with E-state index in [0.29, 0.717) is 21.5 Å². The molecule has 17 heteroatoms. The monoisotopic (exact) mass is 710 g/mol. The Labute approximate surface area is 272 Å². The van der Waals surface area contributed by atoms with Crippen LogP contribution in [0.1, 0.15) is 5.56 Å². The number of ether oxygens (including phenoxy) is 5. The molecule has 5 rings (SSSR count). The molecule has 0 radical (unpaired) electrons. The van der Waals surface area contributed by atoms with E-state index in [4.69, 9.17) is 23.7 Å². The predicted octanol–water partition coefficient (Wildman–Crippen LogP) is 4.20. The maximum absolute atomic E-state index is 13.3. The van der Waals surface area contributed by atoms with Crippen molar-refractivity contribution in [1.82, 2.24) is 34.6 Å². The summed E-state index contributed by atoms with van der Waals surface area (Å²) in [6.07, 6.45) is 6.08. The van der Waals surface area contributed by atoms with E-state index < -0.39 is 10.2 Å². The highest BCUT2D eigenvalue weighted by molar-refractivity contribution is 9.10. The zero-order chi connectivity index (χ0) is 32.4. The Hall–Kier alpha value is -5.13. The second-order valence-electron chi connectivity index (χ2n) is 9.01. The van der Waals surface area contributed by atoms with E-state index in [1.807, 2.05) is 0 Å². The number of hydrogen-bond donors (Lipinski definition) is 2. The predicted molar refractivity (Wildman–Crippen MR) is 169 cm³/mol. The summed E-state index contributed by atoms with van der Waals surface area (Å²) in [6, 6.07) is 15.5. The number of nitrogens with zero attached hydrogens (tertiary/aromatic N) is 6. The van der Waals surface area contributed by atoms with Crippen molar-refractivity contribution in [3.8, 4) is 46.5 Å². The van der Waals surface area contributed by atoms with Crippen molar-refractivity contribution in [1.29, 1.82) is 0 Å². The smallest absolute Gasteiger partial charge is 0.316 e. The van der Waals surface area contributed by atoms with Crippen molar-refractivity contribution >= 4 is 32.0 Å². The van der Waals surface area contributed by atoms with Crippen molar-refractivity contribution < 1.29 is 32.1 Å². The first-order chi connectivity index (χ1) is 22.3. The van der Waals surface area contributed by atoms with Crippen LogP contribution in [0.2, 0.25) is 0 Å². The van der Waals surface area contributed by atoms with Gasteiger partial charge in [-0.2, -0.15) is 18.1 Å². The minimum atomic E-state index is -4.23. The first-order valence-electron chi connectivity index (χ1n) is 13.5. The molecule has 2 aromatic carbocycles. The van der Waals surface area contributed by atoms with Crippen LogP contribution >= 0.6 is 15.9 Å². The number of nitrogens with one attached hydrogen (secondary N) is 2. The lowest BCUT2D eigenvalue weighted by Crippen LogP contribution is -2.30.